The fourth-order valence-corrected chi connectivity index (χ4v) is 4.52. The van der Waals surface area contributed by atoms with Gasteiger partial charge in [0.05, 0.1) is 5.60 Å². The first kappa shape index (κ1) is 16.9. The van der Waals surface area contributed by atoms with Gasteiger partial charge < -0.3 is 10.1 Å². The van der Waals surface area contributed by atoms with Gasteiger partial charge in [-0.1, -0.05) is 0 Å². The first-order valence-electron chi connectivity index (χ1n) is 7.11. The van der Waals surface area contributed by atoms with Crippen molar-refractivity contribution in [1.82, 2.24) is 10.0 Å². The van der Waals surface area contributed by atoms with E-state index in [-0.39, 0.29) is 6.54 Å². The molecular weight excluding hydrogens is 308 g/mol. The van der Waals surface area contributed by atoms with Gasteiger partial charge >= 0.3 is 0 Å². The van der Waals surface area contributed by atoms with Crippen LogP contribution in [-0.4, -0.2) is 33.7 Å². The highest BCUT2D eigenvalue weighted by Gasteiger charge is 2.25. The molecule has 1 aliphatic rings. The summed E-state index contributed by atoms with van der Waals surface area (Å²) in [6.45, 7) is 6.65. The number of hydrogen-bond donors (Lipinski definition) is 2. The summed E-state index contributed by atoms with van der Waals surface area (Å²) in [5, 5.41) is 3.42. The minimum atomic E-state index is -3.47. The van der Waals surface area contributed by atoms with Crippen LogP contribution in [0.25, 0.3) is 0 Å². The molecule has 0 unspecified atom stereocenters. The van der Waals surface area contributed by atoms with Gasteiger partial charge in [-0.25, -0.2) is 13.1 Å². The topological polar surface area (TPSA) is 67.4 Å². The predicted molar refractivity (Wildman–Crippen MR) is 85.2 cm³/mol. The number of rotatable bonds is 8. The maximum atomic E-state index is 12.3. The quantitative estimate of drug-likeness (QED) is 0.764. The summed E-state index contributed by atoms with van der Waals surface area (Å²) in [5.74, 6) is 0. The molecule has 5 nitrogen and oxygen atoms in total. The molecule has 1 heterocycles. The average molecular weight is 332 g/mol. The van der Waals surface area contributed by atoms with Crippen molar-refractivity contribution in [3.8, 4) is 0 Å². The number of thiophene rings is 1. The average Bonchev–Trinajstić information content (AvgIpc) is 3.17. The van der Waals surface area contributed by atoms with Crippen molar-refractivity contribution in [2.75, 3.05) is 13.7 Å². The van der Waals surface area contributed by atoms with Crippen LogP contribution in [0.4, 0.5) is 0 Å². The number of sulfonamides is 1. The molecule has 2 N–H and O–H groups in total. The van der Waals surface area contributed by atoms with E-state index in [2.05, 4.69) is 10.0 Å². The highest BCUT2D eigenvalue weighted by molar-refractivity contribution is 7.91. The van der Waals surface area contributed by atoms with Crippen LogP contribution in [0.15, 0.2) is 10.3 Å². The lowest BCUT2D eigenvalue weighted by Gasteiger charge is -2.22. The molecule has 0 atom stereocenters. The Kier molecular flexibility index (Phi) is 5.10. The van der Waals surface area contributed by atoms with Gasteiger partial charge in [-0.3, -0.25) is 0 Å². The van der Waals surface area contributed by atoms with Crippen LogP contribution in [0, 0.1) is 6.92 Å². The van der Waals surface area contributed by atoms with Crippen molar-refractivity contribution in [3.63, 3.8) is 0 Å². The first-order chi connectivity index (χ1) is 9.73. The molecule has 0 saturated heterocycles. The summed E-state index contributed by atoms with van der Waals surface area (Å²) in [5.41, 5.74) is 0.509. The number of methoxy groups -OCH3 is 1. The van der Waals surface area contributed by atoms with Crippen molar-refractivity contribution in [2.45, 2.75) is 56.0 Å². The molecule has 0 aromatic carbocycles. The Morgan fingerprint density at radius 1 is 1.43 bits per heavy atom. The Balaban J connectivity index is 2.03. The highest BCUT2D eigenvalue weighted by atomic mass is 32.2. The van der Waals surface area contributed by atoms with Crippen LogP contribution in [0.3, 0.4) is 0 Å². The molecule has 0 amide bonds. The van der Waals surface area contributed by atoms with Gasteiger partial charge in [0, 0.05) is 31.1 Å². The molecule has 1 aliphatic carbocycles. The Labute approximate surface area is 131 Å². The van der Waals surface area contributed by atoms with E-state index in [1.165, 1.54) is 24.2 Å². The van der Waals surface area contributed by atoms with Crippen molar-refractivity contribution >= 4 is 21.4 Å². The zero-order valence-corrected chi connectivity index (χ0v) is 14.7. The minimum Gasteiger partial charge on any atom is -0.377 e. The second kappa shape index (κ2) is 6.34. The van der Waals surface area contributed by atoms with Gasteiger partial charge in [-0.15, -0.1) is 11.3 Å². The Morgan fingerprint density at radius 2 is 2.10 bits per heavy atom. The van der Waals surface area contributed by atoms with Crippen molar-refractivity contribution in [1.29, 1.82) is 0 Å². The maximum Gasteiger partial charge on any atom is 0.250 e. The third kappa shape index (κ3) is 4.75. The third-order valence-electron chi connectivity index (χ3n) is 3.63. The van der Waals surface area contributed by atoms with E-state index >= 15 is 0 Å². The molecule has 21 heavy (non-hydrogen) atoms. The van der Waals surface area contributed by atoms with E-state index < -0.39 is 15.6 Å². The second-order valence-electron chi connectivity index (χ2n) is 6.12. The van der Waals surface area contributed by atoms with Crippen LogP contribution in [-0.2, 0) is 21.3 Å². The fourth-order valence-electron chi connectivity index (χ4n) is 1.73. The maximum absolute atomic E-state index is 12.3. The highest BCUT2D eigenvalue weighted by Crippen LogP contribution is 2.27. The van der Waals surface area contributed by atoms with Gasteiger partial charge in [0.2, 0.25) is 10.0 Å². The Hall–Kier alpha value is -0.470. The van der Waals surface area contributed by atoms with Crippen molar-refractivity contribution < 1.29 is 13.2 Å². The molecule has 0 spiro atoms. The summed E-state index contributed by atoms with van der Waals surface area (Å²) < 4.78 is 32.9. The zero-order chi connectivity index (χ0) is 15.7. The molecule has 1 aromatic rings. The fraction of sp³-hybridized carbons (Fsp3) is 0.714. The lowest BCUT2D eigenvalue weighted by atomic mass is 10.1. The van der Waals surface area contributed by atoms with Crippen LogP contribution in [0.1, 0.15) is 37.1 Å². The van der Waals surface area contributed by atoms with Crippen LogP contribution >= 0.6 is 11.3 Å². The monoisotopic (exact) mass is 332 g/mol. The summed E-state index contributed by atoms with van der Waals surface area (Å²) in [7, 11) is -1.89. The smallest absolute Gasteiger partial charge is 0.250 e. The lowest BCUT2D eigenvalue weighted by molar-refractivity contribution is 0.0276. The molecule has 1 aromatic heterocycles. The zero-order valence-electron chi connectivity index (χ0n) is 13.0. The van der Waals surface area contributed by atoms with E-state index in [9.17, 15) is 8.42 Å². The normalized spacial score (nSPS) is 16.4. The van der Waals surface area contributed by atoms with E-state index in [4.69, 9.17) is 4.74 Å². The van der Waals surface area contributed by atoms with E-state index in [1.807, 2.05) is 20.8 Å². The number of aryl methyl sites for hydroxylation is 1. The molecule has 120 valence electrons. The molecule has 0 radical (unpaired) electrons. The SMILES string of the molecule is COC(C)(C)CNS(=O)(=O)c1cc(C)c(CNC2CC2)s1. The third-order valence-corrected chi connectivity index (χ3v) is 6.74. The summed E-state index contributed by atoms with van der Waals surface area (Å²) in [4.78, 5) is 1.09. The van der Waals surface area contributed by atoms with E-state index in [0.717, 1.165) is 17.0 Å². The van der Waals surface area contributed by atoms with Crippen molar-refractivity contribution in [2.24, 2.45) is 0 Å². The van der Waals surface area contributed by atoms with Gasteiger partial charge in [-0.05, 0) is 45.2 Å². The van der Waals surface area contributed by atoms with Crippen LogP contribution < -0.4 is 10.0 Å². The van der Waals surface area contributed by atoms with Crippen LogP contribution in [0.2, 0.25) is 0 Å². The molecule has 7 heteroatoms. The molecule has 0 bridgehead atoms. The van der Waals surface area contributed by atoms with Crippen molar-refractivity contribution in [3.05, 3.63) is 16.5 Å². The summed E-state index contributed by atoms with van der Waals surface area (Å²) in [6, 6.07) is 2.36. The standard InChI is InChI=1S/C14H24N2O3S2/c1-10-7-13(20-12(10)8-15-11-5-6-11)21(17,18)16-9-14(2,3)19-4/h7,11,15-16H,5-6,8-9H2,1-4H3. The second-order valence-corrected chi connectivity index (χ2v) is 9.25. The number of nitrogens with one attached hydrogen (secondary N) is 2. The molecule has 1 fully saturated rings. The lowest BCUT2D eigenvalue weighted by Crippen LogP contribution is -2.39. The molecule has 0 aliphatic heterocycles. The van der Waals surface area contributed by atoms with Gasteiger partial charge in [0.15, 0.2) is 0 Å². The van der Waals surface area contributed by atoms with Crippen LogP contribution in [0.5, 0.6) is 0 Å². The molecular formula is C14H24N2O3S2. The molecule has 1 saturated carbocycles. The first-order valence-corrected chi connectivity index (χ1v) is 9.41. The van der Waals surface area contributed by atoms with E-state index in [0.29, 0.717) is 10.3 Å². The number of ether oxygens (including phenoxy) is 1. The predicted octanol–water partition coefficient (Wildman–Crippen LogP) is 2.01. The van der Waals surface area contributed by atoms with Gasteiger partial charge in [0.1, 0.15) is 4.21 Å². The Bertz CT molecular complexity index is 589. The summed E-state index contributed by atoms with van der Waals surface area (Å²) >= 11 is 1.34. The molecule has 2 rings (SSSR count). The van der Waals surface area contributed by atoms with Gasteiger partial charge in [0.25, 0.3) is 0 Å². The minimum absolute atomic E-state index is 0.248. The Morgan fingerprint density at radius 3 is 2.67 bits per heavy atom. The van der Waals surface area contributed by atoms with E-state index in [1.54, 1.807) is 13.2 Å². The van der Waals surface area contributed by atoms with Gasteiger partial charge in [-0.2, -0.15) is 0 Å². The number of hydrogen-bond acceptors (Lipinski definition) is 5. The summed E-state index contributed by atoms with van der Waals surface area (Å²) in [6.07, 6.45) is 2.45. The largest absolute Gasteiger partial charge is 0.377 e.